The fraction of sp³-hybridized carbons (Fsp3) is 0.417. The highest BCUT2D eigenvalue weighted by Crippen LogP contribution is 2.33. The molecule has 0 heterocycles. The molecule has 15 heavy (non-hydrogen) atoms. The molecule has 82 valence electrons. The fourth-order valence-electron chi connectivity index (χ4n) is 1.29. The van der Waals surface area contributed by atoms with Crippen LogP contribution in [0.25, 0.3) is 0 Å². The minimum Gasteiger partial charge on any atom is -0.298 e. The molecule has 0 aromatic heterocycles. The lowest BCUT2D eigenvalue weighted by molar-refractivity contribution is 0.112. The summed E-state index contributed by atoms with van der Waals surface area (Å²) in [5.41, 5.74) is 1.75. The Morgan fingerprint density at radius 1 is 1.33 bits per heavy atom. The Morgan fingerprint density at radius 3 is 2.33 bits per heavy atom. The van der Waals surface area contributed by atoms with Crippen molar-refractivity contribution in [1.82, 2.24) is 0 Å². The van der Waals surface area contributed by atoms with Gasteiger partial charge in [-0.05, 0) is 29.4 Å². The van der Waals surface area contributed by atoms with Crippen LogP contribution in [0.3, 0.4) is 0 Å². The van der Waals surface area contributed by atoms with Gasteiger partial charge in [0.15, 0.2) is 6.29 Å². The van der Waals surface area contributed by atoms with Crippen molar-refractivity contribution in [1.29, 1.82) is 0 Å². The van der Waals surface area contributed by atoms with Crippen molar-refractivity contribution in [3.05, 3.63) is 28.3 Å². The number of carbonyl (C=O) groups is 1. The van der Waals surface area contributed by atoms with Gasteiger partial charge in [0.1, 0.15) is 0 Å². The molecule has 0 unspecified atom stereocenters. The average Bonchev–Trinajstić information content (AvgIpc) is 2.16. The smallest absolute Gasteiger partial charge is 0.151 e. The number of halogens is 1. The van der Waals surface area contributed by atoms with E-state index in [0.717, 1.165) is 16.7 Å². The molecule has 1 nitrogen and oxygen atoms in total. The number of hydrogen-bond acceptors (Lipinski definition) is 2. The zero-order chi connectivity index (χ0) is 11.6. The van der Waals surface area contributed by atoms with Gasteiger partial charge in [0.25, 0.3) is 0 Å². The topological polar surface area (TPSA) is 17.1 Å². The first-order chi connectivity index (χ1) is 6.90. The van der Waals surface area contributed by atoms with Gasteiger partial charge < -0.3 is 0 Å². The van der Waals surface area contributed by atoms with Crippen LogP contribution in [-0.4, -0.2) is 12.5 Å². The van der Waals surface area contributed by atoms with Gasteiger partial charge in [0.05, 0.1) is 5.02 Å². The van der Waals surface area contributed by atoms with Crippen LogP contribution in [0.5, 0.6) is 0 Å². The van der Waals surface area contributed by atoms with E-state index in [1.165, 1.54) is 0 Å². The molecule has 0 saturated heterocycles. The summed E-state index contributed by atoms with van der Waals surface area (Å²) < 4.78 is 0. The van der Waals surface area contributed by atoms with E-state index in [1.54, 1.807) is 11.8 Å². The summed E-state index contributed by atoms with van der Waals surface area (Å²) in [6.45, 7) is 6.36. The van der Waals surface area contributed by atoms with Crippen LogP contribution in [0, 0.1) is 0 Å². The number of hydrogen-bond donors (Lipinski definition) is 0. The lowest BCUT2D eigenvalue weighted by Crippen LogP contribution is -2.11. The highest BCUT2D eigenvalue weighted by Gasteiger charge is 2.17. The lowest BCUT2D eigenvalue weighted by Gasteiger charge is -2.21. The minimum atomic E-state index is 0.0346. The Hall–Kier alpha value is -0.470. The van der Waals surface area contributed by atoms with E-state index in [9.17, 15) is 4.79 Å². The zero-order valence-electron chi connectivity index (χ0n) is 9.43. The fourth-order valence-corrected chi connectivity index (χ4v) is 2.21. The summed E-state index contributed by atoms with van der Waals surface area (Å²) in [4.78, 5) is 11.8. The molecule has 0 spiro atoms. The van der Waals surface area contributed by atoms with Crippen LogP contribution in [0.1, 0.15) is 36.7 Å². The van der Waals surface area contributed by atoms with Gasteiger partial charge in [-0.2, -0.15) is 0 Å². The molecule has 1 aromatic rings. The second kappa shape index (κ2) is 4.58. The van der Waals surface area contributed by atoms with Gasteiger partial charge in [0.2, 0.25) is 0 Å². The van der Waals surface area contributed by atoms with Crippen molar-refractivity contribution in [3.8, 4) is 0 Å². The predicted octanol–water partition coefficient (Wildman–Crippen LogP) is 4.17. The second-order valence-corrected chi connectivity index (χ2v) is 5.68. The van der Waals surface area contributed by atoms with E-state index in [1.807, 2.05) is 12.3 Å². The van der Waals surface area contributed by atoms with Crippen LogP contribution < -0.4 is 0 Å². The van der Waals surface area contributed by atoms with Crippen molar-refractivity contribution in [3.63, 3.8) is 0 Å². The molecule has 0 N–H and O–H groups in total. The molecule has 0 aliphatic rings. The molecule has 0 atom stereocenters. The largest absolute Gasteiger partial charge is 0.298 e. The molecule has 0 radical (unpaired) electrons. The van der Waals surface area contributed by atoms with E-state index in [-0.39, 0.29) is 5.41 Å². The molecule has 0 aliphatic heterocycles. The molecule has 0 aliphatic carbocycles. The van der Waals surface area contributed by atoms with E-state index in [0.29, 0.717) is 10.6 Å². The highest BCUT2D eigenvalue weighted by atomic mass is 35.5. The first-order valence-electron chi connectivity index (χ1n) is 4.73. The zero-order valence-corrected chi connectivity index (χ0v) is 11.0. The molecule has 1 aromatic carbocycles. The maximum absolute atomic E-state index is 10.9. The normalized spacial score (nSPS) is 11.5. The summed E-state index contributed by atoms with van der Waals surface area (Å²) in [5, 5.41) is 0.561. The maximum Gasteiger partial charge on any atom is 0.151 e. The molecular formula is C12H15ClOS. The maximum atomic E-state index is 10.9. The Labute approximate surface area is 100 Å². The molecule has 0 fully saturated rings. The van der Waals surface area contributed by atoms with Crippen molar-refractivity contribution in [2.45, 2.75) is 31.1 Å². The van der Waals surface area contributed by atoms with Gasteiger partial charge in [0, 0.05) is 10.5 Å². The number of thioether (sulfide) groups is 1. The molecule has 0 amide bonds. The van der Waals surface area contributed by atoms with Crippen LogP contribution in [-0.2, 0) is 5.41 Å². The van der Waals surface area contributed by atoms with Gasteiger partial charge in [-0.25, -0.2) is 0 Å². The lowest BCUT2D eigenvalue weighted by atomic mass is 9.86. The second-order valence-electron chi connectivity index (χ2n) is 4.45. The SMILES string of the molecule is CSc1cc(C(C)(C)C)cc(C=O)c1Cl. The quantitative estimate of drug-likeness (QED) is 0.572. The average molecular weight is 243 g/mol. The van der Waals surface area contributed by atoms with Crippen LogP contribution in [0.2, 0.25) is 5.02 Å². The first kappa shape index (κ1) is 12.6. The highest BCUT2D eigenvalue weighted by molar-refractivity contribution is 7.98. The van der Waals surface area contributed by atoms with Gasteiger partial charge >= 0.3 is 0 Å². The standard InChI is InChI=1S/C12H15ClOS/c1-12(2,3)9-5-8(7-14)11(13)10(6-9)15-4/h5-7H,1-4H3. The number of benzene rings is 1. The van der Waals surface area contributed by atoms with E-state index in [4.69, 9.17) is 11.6 Å². The summed E-state index contributed by atoms with van der Waals surface area (Å²) in [7, 11) is 0. The van der Waals surface area contributed by atoms with Crippen LogP contribution in [0.4, 0.5) is 0 Å². The molecule has 0 saturated carbocycles. The van der Waals surface area contributed by atoms with Crippen molar-refractivity contribution in [2.75, 3.05) is 6.26 Å². The Bertz CT molecular complexity index is 380. The predicted molar refractivity (Wildman–Crippen MR) is 67.3 cm³/mol. The summed E-state index contributed by atoms with van der Waals surface area (Å²) >= 11 is 7.64. The van der Waals surface area contributed by atoms with E-state index in [2.05, 4.69) is 26.8 Å². The van der Waals surface area contributed by atoms with Crippen LogP contribution >= 0.6 is 23.4 Å². The van der Waals surface area contributed by atoms with Gasteiger partial charge in [-0.1, -0.05) is 32.4 Å². The third-order valence-corrected chi connectivity index (χ3v) is 3.58. The Balaban J connectivity index is 3.40. The van der Waals surface area contributed by atoms with E-state index < -0.39 is 0 Å². The minimum absolute atomic E-state index is 0.0346. The molecule has 1 rings (SSSR count). The van der Waals surface area contributed by atoms with E-state index >= 15 is 0 Å². The van der Waals surface area contributed by atoms with Gasteiger partial charge in [-0.3, -0.25) is 4.79 Å². The summed E-state index contributed by atoms with van der Waals surface area (Å²) in [5.74, 6) is 0. The Kier molecular flexibility index (Phi) is 3.85. The van der Waals surface area contributed by atoms with Crippen molar-refractivity contribution < 1.29 is 4.79 Å². The third kappa shape index (κ3) is 2.76. The molecular weight excluding hydrogens is 228 g/mol. The number of carbonyl (C=O) groups excluding carboxylic acids is 1. The molecule has 3 heteroatoms. The number of aldehydes is 1. The number of rotatable bonds is 2. The van der Waals surface area contributed by atoms with Crippen molar-refractivity contribution in [2.24, 2.45) is 0 Å². The van der Waals surface area contributed by atoms with Gasteiger partial charge in [-0.15, -0.1) is 11.8 Å². The first-order valence-corrected chi connectivity index (χ1v) is 6.33. The van der Waals surface area contributed by atoms with Crippen molar-refractivity contribution >= 4 is 29.6 Å². The third-order valence-electron chi connectivity index (χ3n) is 2.28. The summed E-state index contributed by atoms with van der Waals surface area (Å²) in [6.07, 6.45) is 2.78. The Morgan fingerprint density at radius 2 is 1.93 bits per heavy atom. The summed E-state index contributed by atoms with van der Waals surface area (Å²) in [6, 6.07) is 3.93. The molecule has 0 bridgehead atoms. The monoisotopic (exact) mass is 242 g/mol. The van der Waals surface area contributed by atoms with Crippen LogP contribution in [0.15, 0.2) is 17.0 Å².